The summed E-state index contributed by atoms with van der Waals surface area (Å²) in [6, 6.07) is 0. The summed E-state index contributed by atoms with van der Waals surface area (Å²) < 4.78 is 5.91. The van der Waals surface area contributed by atoms with Gasteiger partial charge in [0.15, 0.2) is 0 Å². The van der Waals surface area contributed by atoms with E-state index in [0.717, 1.165) is 6.32 Å². The average Bonchev–Trinajstić information content (AvgIpc) is 2.23. The van der Waals surface area contributed by atoms with Gasteiger partial charge in [-0.1, -0.05) is 47.4 Å². The highest BCUT2D eigenvalue weighted by Gasteiger charge is 2.48. The third-order valence-corrected chi connectivity index (χ3v) is 3.28. The van der Waals surface area contributed by atoms with Gasteiger partial charge < -0.3 is 4.65 Å². The fraction of sp³-hybridized carbons (Fsp3) is 1.00. The second-order valence-electron chi connectivity index (χ2n) is 5.45. The van der Waals surface area contributed by atoms with E-state index in [9.17, 15) is 0 Å². The van der Waals surface area contributed by atoms with Gasteiger partial charge in [0.05, 0.1) is 5.60 Å². The lowest BCUT2D eigenvalue weighted by Gasteiger charge is -2.34. The van der Waals surface area contributed by atoms with Crippen molar-refractivity contribution < 1.29 is 4.65 Å². The highest BCUT2D eigenvalue weighted by atomic mass is 16.5. The van der Waals surface area contributed by atoms with Gasteiger partial charge >= 0.3 is 0 Å². The van der Waals surface area contributed by atoms with Crippen LogP contribution < -0.4 is 0 Å². The fourth-order valence-corrected chi connectivity index (χ4v) is 1.66. The molecule has 0 radical (unpaired) electrons. The third-order valence-electron chi connectivity index (χ3n) is 3.28. The Labute approximate surface area is 90.7 Å². The van der Waals surface area contributed by atoms with Crippen molar-refractivity contribution in [1.29, 1.82) is 0 Å². The van der Waals surface area contributed by atoms with Gasteiger partial charge in [0.1, 0.15) is 0 Å². The van der Waals surface area contributed by atoms with Crippen LogP contribution in [0.4, 0.5) is 0 Å². The molecule has 1 rings (SSSR count). The molecule has 1 fully saturated rings. The number of rotatable bonds is 1. The molecule has 0 amide bonds. The van der Waals surface area contributed by atoms with E-state index in [1.807, 2.05) is 0 Å². The van der Waals surface area contributed by atoms with Gasteiger partial charge in [-0.25, -0.2) is 0 Å². The van der Waals surface area contributed by atoms with Crippen molar-refractivity contribution in [2.45, 2.75) is 73.1 Å². The van der Waals surface area contributed by atoms with Crippen LogP contribution in [-0.2, 0) is 4.65 Å². The SMILES string of the molecule is CCB1CC(C)(C)C(C)(C)O1.CCC. The monoisotopic (exact) mass is 198 g/mol. The molecule has 1 aliphatic heterocycles. The zero-order valence-corrected chi connectivity index (χ0v) is 11.1. The summed E-state index contributed by atoms with van der Waals surface area (Å²) in [6.45, 7) is 15.9. The molecule has 0 unspecified atom stereocenters. The molecule has 0 aliphatic carbocycles. The maximum atomic E-state index is 5.91. The first-order valence-corrected chi connectivity index (χ1v) is 5.98. The van der Waals surface area contributed by atoms with E-state index < -0.39 is 0 Å². The third kappa shape index (κ3) is 3.31. The highest BCUT2D eigenvalue weighted by Crippen LogP contribution is 2.45. The normalized spacial score (nSPS) is 22.9. The van der Waals surface area contributed by atoms with Crippen molar-refractivity contribution in [3.8, 4) is 0 Å². The predicted octanol–water partition coefficient (Wildman–Crippen LogP) is 4.25. The standard InChI is InChI=1S/C9H19BO.C3H8/c1-6-10-7-8(2,3)9(4,5)11-10;1-3-2/h6-7H2,1-5H3;3H2,1-2H3. The molecule has 0 N–H and O–H groups in total. The molecule has 1 aliphatic rings. The van der Waals surface area contributed by atoms with Gasteiger partial charge in [0.2, 0.25) is 0 Å². The van der Waals surface area contributed by atoms with Crippen LogP contribution in [0.2, 0.25) is 12.6 Å². The molecule has 84 valence electrons. The molecule has 2 heteroatoms. The largest absolute Gasteiger partial charge is 0.431 e. The summed E-state index contributed by atoms with van der Waals surface area (Å²) in [7, 11) is 0. The molecule has 0 bridgehead atoms. The van der Waals surface area contributed by atoms with Gasteiger partial charge in [-0.3, -0.25) is 0 Å². The summed E-state index contributed by atoms with van der Waals surface area (Å²) in [5, 5.41) is 0. The molecular formula is C12H27BO. The molecular weight excluding hydrogens is 171 g/mol. The second-order valence-corrected chi connectivity index (χ2v) is 5.45. The van der Waals surface area contributed by atoms with E-state index >= 15 is 0 Å². The highest BCUT2D eigenvalue weighted by molar-refractivity contribution is 6.52. The van der Waals surface area contributed by atoms with E-state index in [2.05, 4.69) is 48.5 Å². The van der Waals surface area contributed by atoms with Crippen LogP contribution >= 0.6 is 0 Å². The predicted molar refractivity (Wildman–Crippen MR) is 66.0 cm³/mol. The summed E-state index contributed by atoms with van der Waals surface area (Å²) >= 11 is 0. The summed E-state index contributed by atoms with van der Waals surface area (Å²) in [5.41, 5.74) is 0.404. The molecule has 0 aromatic heterocycles. The van der Waals surface area contributed by atoms with Crippen molar-refractivity contribution in [3.05, 3.63) is 0 Å². The number of hydrogen-bond donors (Lipinski definition) is 0. The van der Waals surface area contributed by atoms with Crippen LogP contribution in [0.3, 0.4) is 0 Å². The molecule has 0 atom stereocenters. The number of hydrogen-bond acceptors (Lipinski definition) is 1. The van der Waals surface area contributed by atoms with Crippen molar-refractivity contribution in [1.82, 2.24) is 0 Å². The Kier molecular flexibility index (Phi) is 5.21. The first-order valence-electron chi connectivity index (χ1n) is 5.98. The Morgan fingerprint density at radius 3 is 1.64 bits per heavy atom. The molecule has 1 nitrogen and oxygen atoms in total. The summed E-state index contributed by atoms with van der Waals surface area (Å²) in [6.07, 6.45) is 3.60. The van der Waals surface area contributed by atoms with Crippen LogP contribution in [0.1, 0.15) is 54.9 Å². The maximum absolute atomic E-state index is 5.91. The Bertz CT molecular complexity index is 148. The molecule has 0 saturated carbocycles. The minimum atomic E-state index is 0.0632. The van der Waals surface area contributed by atoms with Crippen molar-refractivity contribution in [2.75, 3.05) is 0 Å². The van der Waals surface area contributed by atoms with Gasteiger partial charge in [0.25, 0.3) is 6.92 Å². The Morgan fingerprint density at radius 2 is 1.50 bits per heavy atom. The van der Waals surface area contributed by atoms with Gasteiger partial charge in [-0.15, -0.1) is 0 Å². The van der Waals surface area contributed by atoms with Crippen molar-refractivity contribution >= 4 is 6.92 Å². The van der Waals surface area contributed by atoms with E-state index in [1.165, 1.54) is 12.7 Å². The molecule has 1 saturated heterocycles. The van der Waals surface area contributed by atoms with Gasteiger partial charge in [-0.2, -0.15) is 0 Å². The van der Waals surface area contributed by atoms with Crippen LogP contribution in [0.15, 0.2) is 0 Å². The van der Waals surface area contributed by atoms with Crippen LogP contribution in [0.25, 0.3) is 0 Å². The topological polar surface area (TPSA) is 9.23 Å². The zero-order valence-electron chi connectivity index (χ0n) is 11.1. The van der Waals surface area contributed by atoms with Crippen molar-refractivity contribution in [2.24, 2.45) is 5.41 Å². The summed E-state index contributed by atoms with van der Waals surface area (Å²) in [4.78, 5) is 0. The minimum Gasteiger partial charge on any atom is -0.431 e. The smallest absolute Gasteiger partial charge is 0.294 e. The maximum Gasteiger partial charge on any atom is 0.294 e. The second kappa shape index (κ2) is 5.20. The van der Waals surface area contributed by atoms with E-state index in [0.29, 0.717) is 12.3 Å². The average molecular weight is 198 g/mol. The lowest BCUT2D eigenvalue weighted by Crippen LogP contribution is -2.34. The lowest BCUT2D eigenvalue weighted by atomic mass is 9.57. The molecule has 0 aromatic carbocycles. The van der Waals surface area contributed by atoms with Crippen LogP contribution in [0.5, 0.6) is 0 Å². The zero-order chi connectivity index (χ0) is 11.4. The van der Waals surface area contributed by atoms with Crippen molar-refractivity contribution in [3.63, 3.8) is 0 Å². The molecule has 0 spiro atoms. The Balaban J connectivity index is 0.000000500. The van der Waals surface area contributed by atoms with Gasteiger partial charge in [0, 0.05) is 0 Å². The van der Waals surface area contributed by atoms with E-state index in [-0.39, 0.29) is 5.60 Å². The lowest BCUT2D eigenvalue weighted by molar-refractivity contribution is 0.0362. The Hall–Kier alpha value is 0.0249. The first kappa shape index (κ1) is 14.0. The minimum absolute atomic E-state index is 0.0632. The molecule has 0 aromatic rings. The molecule has 14 heavy (non-hydrogen) atoms. The van der Waals surface area contributed by atoms with Crippen LogP contribution in [0, 0.1) is 5.41 Å². The fourth-order valence-electron chi connectivity index (χ4n) is 1.66. The summed E-state index contributed by atoms with van der Waals surface area (Å²) in [5.74, 6) is 0. The first-order chi connectivity index (χ1) is 6.30. The van der Waals surface area contributed by atoms with E-state index in [1.54, 1.807) is 0 Å². The van der Waals surface area contributed by atoms with Crippen LogP contribution in [-0.4, -0.2) is 12.5 Å². The van der Waals surface area contributed by atoms with E-state index in [4.69, 9.17) is 4.65 Å². The molecule has 1 heterocycles. The quantitative estimate of drug-likeness (QED) is 0.572. The Morgan fingerprint density at radius 1 is 1.07 bits per heavy atom. The van der Waals surface area contributed by atoms with Gasteiger partial charge in [-0.05, 0) is 25.6 Å².